The van der Waals surface area contributed by atoms with E-state index < -0.39 is 0 Å². The standard InChI is InChI=1S/C13H7BrCl3NO/c14-11-2-1-10(6-12(11)17)18-13(19)7-3-8(15)5-9(16)4-7/h1-6H,(H,18,19). The summed E-state index contributed by atoms with van der Waals surface area (Å²) >= 11 is 20.9. The highest BCUT2D eigenvalue weighted by Crippen LogP contribution is 2.26. The third kappa shape index (κ3) is 3.86. The molecule has 19 heavy (non-hydrogen) atoms. The van der Waals surface area contributed by atoms with Gasteiger partial charge in [0.25, 0.3) is 5.91 Å². The van der Waals surface area contributed by atoms with Gasteiger partial charge < -0.3 is 5.32 Å². The molecule has 0 saturated carbocycles. The van der Waals surface area contributed by atoms with Crippen molar-refractivity contribution in [3.05, 3.63) is 61.5 Å². The van der Waals surface area contributed by atoms with Gasteiger partial charge in [0.05, 0.1) is 5.02 Å². The van der Waals surface area contributed by atoms with Crippen LogP contribution in [0.4, 0.5) is 5.69 Å². The molecule has 0 atom stereocenters. The average Bonchev–Trinajstić information content (AvgIpc) is 2.32. The summed E-state index contributed by atoms with van der Waals surface area (Å²) in [6.45, 7) is 0. The highest BCUT2D eigenvalue weighted by Gasteiger charge is 2.09. The molecule has 1 amide bonds. The Hall–Kier alpha value is -0.740. The van der Waals surface area contributed by atoms with Crippen LogP contribution in [0.5, 0.6) is 0 Å². The van der Waals surface area contributed by atoms with Crippen LogP contribution in [0.15, 0.2) is 40.9 Å². The van der Waals surface area contributed by atoms with Gasteiger partial charge in [-0.3, -0.25) is 4.79 Å². The lowest BCUT2D eigenvalue weighted by Crippen LogP contribution is -2.11. The summed E-state index contributed by atoms with van der Waals surface area (Å²) in [5, 5.41) is 4.05. The predicted molar refractivity (Wildman–Crippen MR) is 83.6 cm³/mol. The number of anilines is 1. The molecule has 1 N–H and O–H groups in total. The smallest absolute Gasteiger partial charge is 0.255 e. The second-order valence-corrected chi connectivity index (χ2v) is 5.88. The Balaban J connectivity index is 2.22. The molecule has 6 heteroatoms. The van der Waals surface area contributed by atoms with Gasteiger partial charge in [-0.25, -0.2) is 0 Å². The van der Waals surface area contributed by atoms with Gasteiger partial charge in [-0.1, -0.05) is 34.8 Å². The maximum Gasteiger partial charge on any atom is 0.255 e. The lowest BCUT2D eigenvalue weighted by molar-refractivity contribution is 0.102. The summed E-state index contributed by atoms with van der Waals surface area (Å²) in [4.78, 5) is 12.0. The normalized spacial score (nSPS) is 10.3. The zero-order valence-electron chi connectivity index (χ0n) is 9.38. The second kappa shape index (κ2) is 6.14. The summed E-state index contributed by atoms with van der Waals surface area (Å²) in [6.07, 6.45) is 0. The molecule has 0 aliphatic rings. The second-order valence-electron chi connectivity index (χ2n) is 3.74. The lowest BCUT2D eigenvalue weighted by atomic mass is 10.2. The summed E-state index contributed by atoms with van der Waals surface area (Å²) in [5.74, 6) is -0.303. The quantitative estimate of drug-likeness (QED) is 0.716. The van der Waals surface area contributed by atoms with E-state index in [-0.39, 0.29) is 5.91 Å². The van der Waals surface area contributed by atoms with Gasteiger partial charge in [-0.2, -0.15) is 0 Å². The number of carbonyl (C=O) groups is 1. The van der Waals surface area contributed by atoms with Gasteiger partial charge in [0.15, 0.2) is 0 Å². The predicted octanol–water partition coefficient (Wildman–Crippen LogP) is 5.66. The summed E-state index contributed by atoms with van der Waals surface area (Å²) < 4.78 is 0.762. The first-order chi connectivity index (χ1) is 8.95. The van der Waals surface area contributed by atoms with Crippen molar-refractivity contribution in [2.75, 3.05) is 5.32 Å². The van der Waals surface area contributed by atoms with Crippen LogP contribution in [-0.4, -0.2) is 5.91 Å². The Morgan fingerprint density at radius 1 is 1.00 bits per heavy atom. The van der Waals surface area contributed by atoms with E-state index >= 15 is 0 Å². The number of hydrogen-bond donors (Lipinski definition) is 1. The van der Waals surface area contributed by atoms with E-state index in [4.69, 9.17) is 34.8 Å². The van der Waals surface area contributed by atoms with Gasteiger partial charge in [0, 0.05) is 25.8 Å². The van der Waals surface area contributed by atoms with E-state index in [9.17, 15) is 4.79 Å². The third-order valence-electron chi connectivity index (χ3n) is 2.30. The van der Waals surface area contributed by atoms with Crippen molar-refractivity contribution in [2.45, 2.75) is 0 Å². The molecule has 0 heterocycles. The summed E-state index contributed by atoms with van der Waals surface area (Å²) in [7, 11) is 0. The van der Waals surface area contributed by atoms with E-state index in [0.29, 0.717) is 26.3 Å². The van der Waals surface area contributed by atoms with Crippen molar-refractivity contribution in [3.63, 3.8) is 0 Å². The average molecular weight is 379 g/mol. The minimum Gasteiger partial charge on any atom is -0.322 e. The molecule has 98 valence electrons. The van der Waals surface area contributed by atoms with Crippen LogP contribution >= 0.6 is 50.7 Å². The molecule has 0 aromatic heterocycles. The topological polar surface area (TPSA) is 29.1 Å². The maximum atomic E-state index is 12.0. The van der Waals surface area contributed by atoms with E-state index in [0.717, 1.165) is 4.47 Å². The molecule has 0 aliphatic heterocycles. The van der Waals surface area contributed by atoms with E-state index in [1.807, 2.05) is 0 Å². The van der Waals surface area contributed by atoms with Crippen LogP contribution in [0.3, 0.4) is 0 Å². The largest absolute Gasteiger partial charge is 0.322 e. The first kappa shape index (κ1) is 14.7. The highest BCUT2D eigenvalue weighted by molar-refractivity contribution is 9.10. The Morgan fingerprint density at radius 2 is 1.63 bits per heavy atom. The van der Waals surface area contributed by atoms with Crippen LogP contribution in [0.2, 0.25) is 15.1 Å². The number of halogens is 4. The van der Waals surface area contributed by atoms with Gasteiger partial charge in [0.1, 0.15) is 0 Å². The lowest BCUT2D eigenvalue weighted by Gasteiger charge is -2.07. The van der Waals surface area contributed by atoms with Crippen molar-refractivity contribution in [1.29, 1.82) is 0 Å². The highest BCUT2D eigenvalue weighted by atomic mass is 79.9. The molecule has 2 nitrogen and oxygen atoms in total. The zero-order valence-corrected chi connectivity index (χ0v) is 13.2. The van der Waals surface area contributed by atoms with Crippen LogP contribution in [0.1, 0.15) is 10.4 Å². The molecule has 0 fully saturated rings. The van der Waals surface area contributed by atoms with E-state index in [2.05, 4.69) is 21.2 Å². The van der Waals surface area contributed by atoms with Crippen LogP contribution in [-0.2, 0) is 0 Å². The molecule has 2 aromatic carbocycles. The fourth-order valence-corrected chi connectivity index (χ4v) is 2.42. The molecule has 0 radical (unpaired) electrons. The fourth-order valence-electron chi connectivity index (χ4n) is 1.46. The summed E-state index contributed by atoms with van der Waals surface area (Å²) in [5.41, 5.74) is 0.978. The molecule has 0 unspecified atom stereocenters. The van der Waals surface area contributed by atoms with Gasteiger partial charge >= 0.3 is 0 Å². The van der Waals surface area contributed by atoms with Gasteiger partial charge in [-0.15, -0.1) is 0 Å². The van der Waals surface area contributed by atoms with Crippen LogP contribution in [0, 0.1) is 0 Å². The molecule has 0 spiro atoms. The number of benzene rings is 2. The van der Waals surface area contributed by atoms with Crippen LogP contribution < -0.4 is 5.32 Å². The molecular weight excluding hydrogens is 372 g/mol. The van der Waals surface area contributed by atoms with Gasteiger partial charge in [-0.05, 0) is 52.3 Å². The number of hydrogen-bond acceptors (Lipinski definition) is 1. The Bertz CT molecular complexity index is 626. The van der Waals surface area contributed by atoms with Crippen molar-refractivity contribution in [2.24, 2.45) is 0 Å². The minimum absolute atomic E-state index is 0.303. The number of rotatable bonds is 2. The molecule has 0 aliphatic carbocycles. The van der Waals surface area contributed by atoms with Crippen molar-refractivity contribution in [1.82, 2.24) is 0 Å². The molecule has 2 rings (SSSR count). The first-order valence-electron chi connectivity index (χ1n) is 5.18. The number of nitrogens with one attached hydrogen (secondary N) is 1. The van der Waals surface area contributed by atoms with Crippen molar-refractivity contribution < 1.29 is 4.79 Å². The van der Waals surface area contributed by atoms with Gasteiger partial charge in [0.2, 0.25) is 0 Å². The molecule has 0 saturated heterocycles. The molecular formula is C13H7BrCl3NO. The maximum absolute atomic E-state index is 12.0. The van der Waals surface area contributed by atoms with Crippen molar-refractivity contribution >= 4 is 62.3 Å². The minimum atomic E-state index is -0.303. The summed E-state index contributed by atoms with van der Waals surface area (Å²) in [6, 6.07) is 9.79. The molecule has 2 aromatic rings. The number of amides is 1. The number of carbonyl (C=O) groups excluding carboxylic acids is 1. The monoisotopic (exact) mass is 377 g/mol. The Morgan fingerprint density at radius 3 is 2.21 bits per heavy atom. The van der Waals surface area contributed by atoms with Crippen LogP contribution in [0.25, 0.3) is 0 Å². The van der Waals surface area contributed by atoms with E-state index in [1.54, 1.807) is 36.4 Å². The fraction of sp³-hybridized carbons (Fsp3) is 0. The van der Waals surface area contributed by atoms with E-state index in [1.165, 1.54) is 0 Å². The van der Waals surface area contributed by atoms with Crippen molar-refractivity contribution in [3.8, 4) is 0 Å². The zero-order chi connectivity index (χ0) is 14.0. The SMILES string of the molecule is O=C(Nc1ccc(Br)c(Cl)c1)c1cc(Cl)cc(Cl)c1. The first-order valence-corrected chi connectivity index (χ1v) is 7.11. The Kier molecular flexibility index (Phi) is 4.74. The Labute approximate surface area is 133 Å². The third-order valence-corrected chi connectivity index (χ3v) is 3.97. The molecule has 0 bridgehead atoms.